The first kappa shape index (κ1) is 18.8. The highest BCUT2D eigenvalue weighted by Gasteiger charge is 2.20. The molecule has 27 heavy (non-hydrogen) atoms. The van der Waals surface area contributed by atoms with E-state index in [2.05, 4.69) is 22.0 Å². The summed E-state index contributed by atoms with van der Waals surface area (Å²) in [7, 11) is 0. The zero-order valence-corrected chi connectivity index (χ0v) is 15.6. The van der Waals surface area contributed by atoms with Crippen molar-refractivity contribution < 1.29 is 9.72 Å². The summed E-state index contributed by atoms with van der Waals surface area (Å²) in [5, 5.41) is 14.0. The van der Waals surface area contributed by atoms with Crippen LogP contribution in [0.4, 0.5) is 17.1 Å². The fourth-order valence-electron chi connectivity index (χ4n) is 3.30. The first-order valence-corrected chi connectivity index (χ1v) is 9.12. The molecule has 0 radical (unpaired) electrons. The van der Waals surface area contributed by atoms with Gasteiger partial charge in [0.25, 0.3) is 11.6 Å². The summed E-state index contributed by atoms with van der Waals surface area (Å²) in [6.07, 6.45) is 0. The van der Waals surface area contributed by atoms with Gasteiger partial charge in [-0.3, -0.25) is 14.9 Å². The summed E-state index contributed by atoms with van der Waals surface area (Å²) >= 11 is 0. The van der Waals surface area contributed by atoms with Crippen LogP contribution in [0.3, 0.4) is 0 Å². The molecule has 2 aromatic carbocycles. The Hall–Kier alpha value is -2.93. The molecule has 0 unspecified atom stereocenters. The molecule has 1 N–H and O–H groups in total. The Bertz CT molecular complexity index is 845. The molecular weight excluding hydrogens is 344 g/mol. The molecule has 0 spiro atoms. The van der Waals surface area contributed by atoms with Gasteiger partial charge in [0.15, 0.2) is 0 Å². The van der Waals surface area contributed by atoms with Gasteiger partial charge in [-0.2, -0.15) is 0 Å². The highest BCUT2D eigenvalue weighted by Crippen LogP contribution is 2.28. The molecule has 0 atom stereocenters. The number of amides is 1. The van der Waals surface area contributed by atoms with Crippen molar-refractivity contribution in [2.75, 3.05) is 42.9 Å². The maximum atomic E-state index is 12.7. The van der Waals surface area contributed by atoms with Crippen molar-refractivity contribution >= 4 is 23.0 Å². The molecule has 1 fully saturated rings. The third-order valence-electron chi connectivity index (χ3n) is 4.98. The summed E-state index contributed by atoms with van der Waals surface area (Å²) in [6, 6.07) is 12.2. The van der Waals surface area contributed by atoms with Gasteiger partial charge in [-0.15, -0.1) is 0 Å². The second-order valence-corrected chi connectivity index (χ2v) is 6.65. The van der Waals surface area contributed by atoms with Gasteiger partial charge in [-0.25, -0.2) is 0 Å². The lowest BCUT2D eigenvalue weighted by Gasteiger charge is -2.36. The predicted octanol–water partition coefficient (Wildman–Crippen LogP) is 3.30. The van der Waals surface area contributed by atoms with Gasteiger partial charge in [-0.05, 0) is 31.7 Å². The van der Waals surface area contributed by atoms with Gasteiger partial charge in [0.1, 0.15) is 0 Å². The number of nitrogens with zero attached hydrogens (tertiary/aromatic N) is 3. The number of rotatable bonds is 5. The Morgan fingerprint density at radius 1 is 1.15 bits per heavy atom. The van der Waals surface area contributed by atoms with E-state index in [1.54, 1.807) is 19.1 Å². The number of nitro benzene ring substituents is 1. The number of piperazine rings is 1. The second-order valence-electron chi connectivity index (χ2n) is 6.65. The van der Waals surface area contributed by atoms with E-state index in [0.717, 1.165) is 44.1 Å². The summed E-state index contributed by atoms with van der Waals surface area (Å²) in [5.74, 6) is -0.349. The molecule has 3 rings (SSSR count). The highest BCUT2D eigenvalue weighted by molar-refractivity contribution is 6.06. The van der Waals surface area contributed by atoms with Crippen molar-refractivity contribution in [1.82, 2.24) is 4.90 Å². The van der Waals surface area contributed by atoms with Gasteiger partial charge in [-0.1, -0.05) is 25.1 Å². The number of nitrogens with one attached hydrogen (secondary N) is 1. The van der Waals surface area contributed by atoms with Crippen LogP contribution < -0.4 is 10.2 Å². The lowest BCUT2D eigenvalue weighted by atomic mass is 10.1. The predicted molar refractivity (Wildman–Crippen MR) is 107 cm³/mol. The molecule has 0 aliphatic carbocycles. The van der Waals surface area contributed by atoms with E-state index in [1.807, 2.05) is 24.3 Å². The smallest absolute Gasteiger partial charge is 0.273 e. The molecule has 0 bridgehead atoms. The average Bonchev–Trinajstić information content (AvgIpc) is 2.68. The number of benzene rings is 2. The Morgan fingerprint density at radius 3 is 2.52 bits per heavy atom. The summed E-state index contributed by atoms with van der Waals surface area (Å²) < 4.78 is 0. The van der Waals surface area contributed by atoms with E-state index in [4.69, 9.17) is 0 Å². The van der Waals surface area contributed by atoms with E-state index >= 15 is 0 Å². The van der Waals surface area contributed by atoms with Crippen LogP contribution in [0, 0.1) is 17.0 Å². The molecule has 0 saturated carbocycles. The van der Waals surface area contributed by atoms with Crippen molar-refractivity contribution in [2.24, 2.45) is 0 Å². The quantitative estimate of drug-likeness (QED) is 0.647. The zero-order chi connectivity index (χ0) is 19.4. The van der Waals surface area contributed by atoms with Crippen molar-refractivity contribution in [3.8, 4) is 0 Å². The number of carbonyl (C=O) groups is 1. The average molecular weight is 368 g/mol. The van der Waals surface area contributed by atoms with E-state index in [0.29, 0.717) is 5.56 Å². The molecular formula is C20H24N4O3. The van der Waals surface area contributed by atoms with Crippen LogP contribution in [0.2, 0.25) is 0 Å². The minimum Gasteiger partial charge on any atom is -0.367 e. The van der Waals surface area contributed by atoms with Crippen LogP contribution in [0.15, 0.2) is 42.5 Å². The van der Waals surface area contributed by atoms with Gasteiger partial charge in [0.2, 0.25) is 0 Å². The van der Waals surface area contributed by atoms with E-state index in [1.165, 1.54) is 6.07 Å². The Morgan fingerprint density at radius 2 is 1.85 bits per heavy atom. The Balaban J connectivity index is 1.79. The van der Waals surface area contributed by atoms with Gasteiger partial charge in [0.05, 0.1) is 16.3 Å². The van der Waals surface area contributed by atoms with E-state index in [9.17, 15) is 14.9 Å². The Kier molecular flexibility index (Phi) is 5.71. The van der Waals surface area contributed by atoms with Crippen LogP contribution in [-0.2, 0) is 0 Å². The SMILES string of the molecule is CCN1CCN(c2ccccc2NC(=O)c2ccc(C)c([N+](=O)[O-])c2)CC1. The molecule has 1 saturated heterocycles. The Labute approximate surface area is 158 Å². The molecule has 1 amide bonds. The fourth-order valence-corrected chi connectivity index (χ4v) is 3.30. The van der Waals surface area contributed by atoms with Crippen molar-refractivity contribution in [3.05, 3.63) is 63.7 Å². The standard InChI is InChI=1S/C20H24N4O3/c1-3-22-10-12-23(13-11-22)18-7-5-4-6-17(18)21-20(25)16-9-8-15(2)19(14-16)24(26)27/h4-9,14H,3,10-13H2,1-2H3,(H,21,25). The second kappa shape index (κ2) is 8.18. The number of anilines is 2. The molecule has 7 heteroatoms. The molecule has 0 aromatic heterocycles. The van der Waals surface area contributed by atoms with Crippen molar-refractivity contribution in [3.63, 3.8) is 0 Å². The van der Waals surface area contributed by atoms with E-state index < -0.39 is 4.92 Å². The van der Waals surface area contributed by atoms with Crippen LogP contribution in [0.1, 0.15) is 22.8 Å². The molecule has 1 heterocycles. The van der Waals surface area contributed by atoms with Crippen LogP contribution in [0.5, 0.6) is 0 Å². The lowest BCUT2D eigenvalue weighted by Crippen LogP contribution is -2.46. The summed E-state index contributed by atoms with van der Waals surface area (Å²) in [5.41, 5.74) is 2.45. The summed E-state index contributed by atoms with van der Waals surface area (Å²) in [4.78, 5) is 28.0. The van der Waals surface area contributed by atoms with Gasteiger partial charge < -0.3 is 15.1 Å². The number of nitro groups is 1. The zero-order valence-electron chi connectivity index (χ0n) is 15.6. The highest BCUT2D eigenvalue weighted by atomic mass is 16.6. The minimum atomic E-state index is -0.465. The third kappa shape index (κ3) is 4.25. The first-order valence-electron chi connectivity index (χ1n) is 9.12. The van der Waals surface area contributed by atoms with Crippen molar-refractivity contribution in [1.29, 1.82) is 0 Å². The maximum absolute atomic E-state index is 12.7. The fraction of sp³-hybridized carbons (Fsp3) is 0.350. The largest absolute Gasteiger partial charge is 0.367 e. The van der Waals surface area contributed by atoms with Crippen LogP contribution in [-0.4, -0.2) is 48.5 Å². The number of hydrogen-bond acceptors (Lipinski definition) is 5. The normalized spacial score (nSPS) is 14.8. The molecule has 1 aliphatic heterocycles. The number of hydrogen-bond donors (Lipinski definition) is 1. The molecule has 1 aliphatic rings. The summed E-state index contributed by atoms with van der Waals surface area (Å²) in [6.45, 7) is 8.63. The lowest BCUT2D eigenvalue weighted by molar-refractivity contribution is -0.385. The van der Waals surface area contributed by atoms with Gasteiger partial charge >= 0.3 is 0 Å². The number of para-hydroxylation sites is 2. The minimum absolute atomic E-state index is 0.0494. The maximum Gasteiger partial charge on any atom is 0.273 e. The molecule has 7 nitrogen and oxygen atoms in total. The number of carbonyl (C=O) groups excluding carboxylic acids is 1. The van der Waals surface area contributed by atoms with E-state index in [-0.39, 0.29) is 17.2 Å². The molecule has 2 aromatic rings. The third-order valence-corrected chi connectivity index (χ3v) is 4.98. The van der Waals surface area contributed by atoms with Crippen LogP contribution >= 0.6 is 0 Å². The first-order chi connectivity index (χ1) is 13.0. The topological polar surface area (TPSA) is 78.7 Å². The van der Waals surface area contributed by atoms with Crippen LogP contribution in [0.25, 0.3) is 0 Å². The number of aryl methyl sites for hydroxylation is 1. The van der Waals surface area contributed by atoms with Gasteiger partial charge in [0, 0.05) is 43.4 Å². The number of likely N-dealkylation sites (N-methyl/N-ethyl adjacent to an activating group) is 1. The van der Waals surface area contributed by atoms with Crippen molar-refractivity contribution in [2.45, 2.75) is 13.8 Å². The molecule has 142 valence electrons. The monoisotopic (exact) mass is 368 g/mol.